The zero-order chi connectivity index (χ0) is 20.3. The summed E-state index contributed by atoms with van der Waals surface area (Å²) < 4.78 is 15.1. The van der Waals surface area contributed by atoms with Gasteiger partial charge in [-0.3, -0.25) is 9.36 Å². The van der Waals surface area contributed by atoms with E-state index in [1.165, 1.54) is 35.2 Å². The van der Waals surface area contributed by atoms with E-state index in [1.54, 1.807) is 25.1 Å². The summed E-state index contributed by atoms with van der Waals surface area (Å²) in [4.78, 5) is 17.9. The van der Waals surface area contributed by atoms with Crippen LogP contribution in [0.15, 0.2) is 42.1 Å². The molecule has 0 saturated heterocycles. The molecule has 3 rings (SSSR count). The second kappa shape index (κ2) is 8.66. The van der Waals surface area contributed by atoms with Gasteiger partial charge in [-0.1, -0.05) is 17.8 Å². The van der Waals surface area contributed by atoms with Crippen molar-refractivity contribution in [2.24, 2.45) is 0 Å². The van der Waals surface area contributed by atoms with E-state index >= 15 is 0 Å². The van der Waals surface area contributed by atoms with Gasteiger partial charge in [0.15, 0.2) is 16.1 Å². The van der Waals surface area contributed by atoms with Crippen LogP contribution in [-0.2, 0) is 11.3 Å². The van der Waals surface area contributed by atoms with E-state index in [-0.39, 0.29) is 11.7 Å². The van der Waals surface area contributed by atoms with Crippen molar-refractivity contribution in [1.29, 1.82) is 0 Å². The van der Waals surface area contributed by atoms with Gasteiger partial charge in [0.05, 0.1) is 10.9 Å². The quantitative estimate of drug-likeness (QED) is 0.454. The van der Waals surface area contributed by atoms with Gasteiger partial charge >= 0.3 is 0 Å². The van der Waals surface area contributed by atoms with Crippen LogP contribution in [0.1, 0.15) is 17.5 Å². The van der Waals surface area contributed by atoms with Crippen molar-refractivity contribution in [3.63, 3.8) is 0 Å². The molecule has 9 heteroatoms. The number of aromatic nitrogens is 4. The maximum absolute atomic E-state index is 13.2. The number of aryl methyl sites for hydroxylation is 2. The predicted octanol–water partition coefficient (Wildman–Crippen LogP) is 4.46. The summed E-state index contributed by atoms with van der Waals surface area (Å²) in [6.07, 6.45) is 1.73. The Bertz CT molecular complexity index is 977. The van der Waals surface area contributed by atoms with Gasteiger partial charge in [-0.2, -0.15) is 0 Å². The highest BCUT2D eigenvalue weighted by Crippen LogP contribution is 2.28. The Morgan fingerprint density at radius 2 is 2.07 bits per heavy atom. The van der Waals surface area contributed by atoms with Crippen molar-refractivity contribution < 1.29 is 9.18 Å². The van der Waals surface area contributed by atoms with Gasteiger partial charge < -0.3 is 5.32 Å². The Hall–Kier alpha value is -2.52. The number of anilines is 1. The molecule has 0 aliphatic rings. The van der Waals surface area contributed by atoms with Crippen LogP contribution in [0.5, 0.6) is 0 Å². The SMILES string of the molecule is C=CCn1c(S[C@@H](C)C(=O)Nc2nc(C)c(C)s2)nnc1-c1ccc(F)cc1. The Kier molecular flexibility index (Phi) is 6.25. The van der Waals surface area contributed by atoms with E-state index in [4.69, 9.17) is 0 Å². The normalized spacial score (nSPS) is 12.0. The second-order valence-electron chi connectivity index (χ2n) is 6.12. The number of halogens is 1. The highest BCUT2D eigenvalue weighted by Gasteiger charge is 2.21. The maximum Gasteiger partial charge on any atom is 0.239 e. The van der Waals surface area contributed by atoms with E-state index in [9.17, 15) is 9.18 Å². The molecule has 0 aliphatic heterocycles. The first-order chi connectivity index (χ1) is 13.4. The molecule has 1 N–H and O–H groups in total. The van der Waals surface area contributed by atoms with Crippen LogP contribution in [0.25, 0.3) is 11.4 Å². The zero-order valence-corrected chi connectivity index (χ0v) is 17.4. The number of thioether (sulfide) groups is 1. The predicted molar refractivity (Wildman–Crippen MR) is 111 cm³/mol. The van der Waals surface area contributed by atoms with Crippen LogP contribution in [0.2, 0.25) is 0 Å². The molecule has 1 aromatic carbocycles. The molecule has 0 saturated carbocycles. The molecular formula is C19H20FN5OS2. The zero-order valence-electron chi connectivity index (χ0n) is 15.8. The molecule has 6 nitrogen and oxygen atoms in total. The summed E-state index contributed by atoms with van der Waals surface area (Å²) in [5, 5.41) is 12.1. The third kappa shape index (κ3) is 4.48. The van der Waals surface area contributed by atoms with E-state index in [0.29, 0.717) is 22.7 Å². The molecule has 0 bridgehead atoms. The van der Waals surface area contributed by atoms with Gasteiger partial charge in [0, 0.05) is 17.0 Å². The lowest BCUT2D eigenvalue weighted by molar-refractivity contribution is -0.115. The average molecular weight is 418 g/mol. The first-order valence-electron chi connectivity index (χ1n) is 8.60. The molecule has 1 amide bonds. The number of amides is 1. The lowest BCUT2D eigenvalue weighted by Crippen LogP contribution is -2.22. The fourth-order valence-electron chi connectivity index (χ4n) is 2.43. The standard InChI is InChI=1S/C19H20FN5OS2/c1-5-10-25-16(14-6-8-15(20)9-7-14)23-24-19(25)28-13(4)17(26)22-18-21-11(2)12(3)27-18/h5-9,13H,1,10H2,2-4H3,(H,21,22,26)/t13-/m0/s1. The third-order valence-corrected chi connectivity index (χ3v) is 6.11. The molecule has 0 unspecified atom stereocenters. The summed E-state index contributed by atoms with van der Waals surface area (Å²) >= 11 is 2.75. The molecule has 0 fully saturated rings. The number of hydrogen-bond donors (Lipinski definition) is 1. The summed E-state index contributed by atoms with van der Waals surface area (Å²) in [7, 11) is 0. The van der Waals surface area contributed by atoms with Crippen LogP contribution < -0.4 is 5.32 Å². The van der Waals surface area contributed by atoms with Crippen molar-refractivity contribution >= 4 is 34.1 Å². The Labute approximate surface area is 170 Å². The molecular weight excluding hydrogens is 397 g/mol. The van der Waals surface area contributed by atoms with Crippen LogP contribution in [-0.4, -0.2) is 30.9 Å². The van der Waals surface area contributed by atoms with Crippen molar-refractivity contribution in [3.05, 3.63) is 53.3 Å². The highest BCUT2D eigenvalue weighted by atomic mass is 32.2. The van der Waals surface area contributed by atoms with Crippen molar-refractivity contribution in [1.82, 2.24) is 19.7 Å². The van der Waals surface area contributed by atoms with Crippen LogP contribution in [0.3, 0.4) is 0 Å². The Morgan fingerprint density at radius 1 is 1.36 bits per heavy atom. The number of rotatable bonds is 7. The van der Waals surface area contributed by atoms with E-state index < -0.39 is 5.25 Å². The third-order valence-electron chi connectivity index (χ3n) is 4.04. The smallest absolute Gasteiger partial charge is 0.239 e. The number of allylic oxidation sites excluding steroid dienone is 1. The molecule has 3 aromatic rings. The van der Waals surface area contributed by atoms with Gasteiger partial charge in [-0.25, -0.2) is 9.37 Å². The number of nitrogens with zero attached hydrogens (tertiary/aromatic N) is 4. The van der Waals surface area contributed by atoms with Crippen LogP contribution in [0.4, 0.5) is 9.52 Å². The summed E-state index contributed by atoms with van der Waals surface area (Å²) in [5.74, 6) is 0.127. The summed E-state index contributed by atoms with van der Waals surface area (Å²) in [6.45, 7) is 9.93. The van der Waals surface area contributed by atoms with Gasteiger partial charge in [0.25, 0.3) is 0 Å². The molecule has 2 aromatic heterocycles. The fraction of sp³-hybridized carbons (Fsp3) is 0.263. The lowest BCUT2D eigenvalue weighted by Gasteiger charge is -2.12. The minimum atomic E-state index is -0.404. The molecule has 0 aliphatic carbocycles. The molecule has 0 radical (unpaired) electrons. The Balaban J connectivity index is 1.78. The number of carbonyl (C=O) groups excluding carboxylic acids is 1. The van der Waals surface area contributed by atoms with E-state index in [1.807, 2.05) is 18.4 Å². The summed E-state index contributed by atoms with van der Waals surface area (Å²) in [5.41, 5.74) is 1.66. The number of nitrogens with one attached hydrogen (secondary N) is 1. The minimum absolute atomic E-state index is 0.157. The number of thiazole rings is 1. The van der Waals surface area contributed by atoms with Gasteiger partial charge in [-0.15, -0.1) is 28.1 Å². The minimum Gasteiger partial charge on any atom is -0.301 e. The Morgan fingerprint density at radius 3 is 2.68 bits per heavy atom. The second-order valence-corrected chi connectivity index (χ2v) is 8.63. The van der Waals surface area contributed by atoms with E-state index in [0.717, 1.165) is 16.1 Å². The fourth-order valence-corrected chi connectivity index (χ4v) is 4.10. The number of benzene rings is 1. The van der Waals surface area contributed by atoms with Crippen molar-refractivity contribution in [2.45, 2.75) is 37.7 Å². The molecule has 146 valence electrons. The average Bonchev–Trinajstić information content (AvgIpc) is 3.19. The largest absolute Gasteiger partial charge is 0.301 e. The molecule has 2 heterocycles. The van der Waals surface area contributed by atoms with Gasteiger partial charge in [0.1, 0.15) is 5.82 Å². The van der Waals surface area contributed by atoms with Gasteiger partial charge in [-0.05, 0) is 45.0 Å². The van der Waals surface area contributed by atoms with Crippen molar-refractivity contribution in [3.8, 4) is 11.4 Å². The van der Waals surface area contributed by atoms with Crippen LogP contribution >= 0.6 is 23.1 Å². The van der Waals surface area contributed by atoms with Crippen LogP contribution in [0, 0.1) is 19.7 Å². The maximum atomic E-state index is 13.2. The highest BCUT2D eigenvalue weighted by molar-refractivity contribution is 8.00. The van der Waals surface area contributed by atoms with Gasteiger partial charge in [0.2, 0.25) is 5.91 Å². The number of carbonyl (C=O) groups is 1. The topological polar surface area (TPSA) is 72.7 Å². The lowest BCUT2D eigenvalue weighted by atomic mass is 10.2. The molecule has 1 atom stereocenters. The first-order valence-corrected chi connectivity index (χ1v) is 10.3. The number of hydrogen-bond acceptors (Lipinski definition) is 6. The molecule has 0 spiro atoms. The monoisotopic (exact) mass is 417 g/mol. The first kappa shape index (κ1) is 20.2. The van der Waals surface area contributed by atoms with E-state index in [2.05, 4.69) is 27.1 Å². The van der Waals surface area contributed by atoms with Crippen molar-refractivity contribution in [2.75, 3.05) is 5.32 Å². The summed E-state index contributed by atoms with van der Waals surface area (Å²) in [6, 6.07) is 6.06. The molecule has 28 heavy (non-hydrogen) atoms.